The molecule has 1 aliphatic carbocycles. The van der Waals surface area contributed by atoms with Crippen molar-refractivity contribution in [2.24, 2.45) is 0 Å². The fourth-order valence-corrected chi connectivity index (χ4v) is 2.69. The third-order valence-corrected chi connectivity index (χ3v) is 3.73. The number of hydrogen-bond acceptors (Lipinski definition) is 3. The Balaban J connectivity index is 2.10. The van der Waals surface area contributed by atoms with Crippen molar-refractivity contribution in [1.82, 2.24) is 5.32 Å². The van der Waals surface area contributed by atoms with E-state index in [0.29, 0.717) is 12.6 Å². The molecule has 0 bridgehead atoms. The highest BCUT2D eigenvalue weighted by atomic mass is 19.1. The minimum Gasteiger partial charge on any atom is -0.465 e. The smallest absolute Gasteiger partial charge is 0.327 e. The van der Waals surface area contributed by atoms with Crippen LogP contribution in [0.5, 0.6) is 0 Å². The van der Waals surface area contributed by atoms with Crippen molar-refractivity contribution in [3.05, 3.63) is 35.6 Å². The molecule has 1 unspecified atom stereocenters. The summed E-state index contributed by atoms with van der Waals surface area (Å²) in [6.07, 6.45) is 5.81. The van der Waals surface area contributed by atoms with Gasteiger partial charge < -0.3 is 4.74 Å². The molecule has 0 aromatic heterocycles. The van der Waals surface area contributed by atoms with E-state index in [1.807, 2.05) is 0 Å². The molecule has 1 saturated carbocycles. The molecule has 0 saturated heterocycles. The fourth-order valence-electron chi connectivity index (χ4n) is 2.69. The fraction of sp³-hybridized carbons (Fsp3) is 0.562. The highest BCUT2D eigenvalue weighted by Gasteiger charge is 2.25. The Kier molecular flexibility index (Phi) is 5.53. The van der Waals surface area contributed by atoms with Gasteiger partial charge in [-0.25, -0.2) is 9.18 Å². The summed E-state index contributed by atoms with van der Waals surface area (Å²) in [5.41, 5.74) is 0.760. The van der Waals surface area contributed by atoms with E-state index in [1.165, 1.54) is 31.4 Å². The Morgan fingerprint density at radius 3 is 2.55 bits per heavy atom. The normalized spacial score (nSPS) is 17.7. The Hall–Kier alpha value is -1.42. The molecular formula is C16H22FNO2. The molecule has 1 aromatic carbocycles. The minimum atomic E-state index is -0.501. The van der Waals surface area contributed by atoms with E-state index < -0.39 is 6.04 Å². The van der Waals surface area contributed by atoms with E-state index in [1.54, 1.807) is 19.1 Å². The predicted octanol–water partition coefficient (Wildman–Crippen LogP) is 3.35. The van der Waals surface area contributed by atoms with Crippen LogP contribution in [0, 0.1) is 5.82 Å². The molecule has 0 amide bonds. The first kappa shape index (κ1) is 15.0. The summed E-state index contributed by atoms with van der Waals surface area (Å²) in [5, 5.41) is 3.38. The zero-order chi connectivity index (χ0) is 14.4. The van der Waals surface area contributed by atoms with Crippen LogP contribution in [0.15, 0.2) is 24.3 Å². The summed E-state index contributed by atoms with van der Waals surface area (Å²) >= 11 is 0. The second kappa shape index (κ2) is 7.39. The predicted molar refractivity (Wildman–Crippen MR) is 75.8 cm³/mol. The van der Waals surface area contributed by atoms with Gasteiger partial charge in [0.05, 0.1) is 6.61 Å². The first-order valence-electron chi connectivity index (χ1n) is 7.39. The quantitative estimate of drug-likeness (QED) is 0.840. The zero-order valence-corrected chi connectivity index (χ0v) is 11.9. The second-order valence-corrected chi connectivity index (χ2v) is 5.24. The minimum absolute atomic E-state index is 0.287. The highest BCUT2D eigenvalue weighted by Crippen LogP contribution is 2.22. The maximum absolute atomic E-state index is 13.0. The molecular weight excluding hydrogens is 257 g/mol. The van der Waals surface area contributed by atoms with Gasteiger partial charge in [-0.15, -0.1) is 0 Å². The van der Waals surface area contributed by atoms with E-state index in [9.17, 15) is 9.18 Å². The lowest BCUT2D eigenvalue weighted by atomic mass is 9.94. The molecule has 0 radical (unpaired) electrons. The number of carbonyl (C=O) groups is 1. The second-order valence-electron chi connectivity index (χ2n) is 5.24. The topological polar surface area (TPSA) is 38.3 Å². The van der Waals surface area contributed by atoms with Gasteiger partial charge in [0.1, 0.15) is 11.9 Å². The lowest BCUT2D eigenvalue weighted by Gasteiger charge is -2.27. The molecule has 0 aliphatic heterocycles. The van der Waals surface area contributed by atoms with Gasteiger partial charge in [-0.3, -0.25) is 5.32 Å². The van der Waals surface area contributed by atoms with Gasteiger partial charge in [-0.05, 0) is 37.5 Å². The van der Waals surface area contributed by atoms with Crippen LogP contribution >= 0.6 is 0 Å². The first-order valence-corrected chi connectivity index (χ1v) is 7.39. The third kappa shape index (κ3) is 4.04. The van der Waals surface area contributed by atoms with Crippen molar-refractivity contribution in [1.29, 1.82) is 0 Å². The van der Waals surface area contributed by atoms with Crippen LogP contribution in [0.3, 0.4) is 0 Å². The Labute approximate surface area is 119 Å². The first-order chi connectivity index (χ1) is 9.70. The van der Waals surface area contributed by atoms with Gasteiger partial charge in [-0.1, -0.05) is 31.4 Å². The van der Waals surface area contributed by atoms with Crippen LogP contribution in [-0.4, -0.2) is 18.6 Å². The molecule has 1 aliphatic rings. The van der Waals surface area contributed by atoms with Crippen molar-refractivity contribution >= 4 is 5.97 Å². The highest BCUT2D eigenvalue weighted by molar-refractivity contribution is 5.77. The van der Waals surface area contributed by atoms with Crippen LogP contribution in [-0.2, 0) is 9.53 Å². The van der Waals surface area contributed by atoms with Crippen molar-refractivity contribution in [3.63, 3.8) is 0 Å². The van der Waals surface area contributed by atoms with Crippen LogP contribution in [0.25, 0.3) is 0 Å². The van der Waals surface area contributed by atoms with Crippen LogP contribution < -0.4 is 5.32 Å². The molecule has 0 spiro atoms. The number of esters is 1. The van der Waals surface area contributed by atoms with E-state index in [-0.39, 0.29) is 11.8 Å². The van der Waals surface area contributed by atoms with E-state index in [0.717, 1.165) is 18.4 Å². The molecule has 1 fully saturated rings. The zero-order valence-electron chi connectivity index (χ0n) is 11.9. The third-order valence-electron chi connectivity index (χ3n) is 3.73. The summed E-state index contributed by atoms with van der Waals surface area (Å²) in [4.78, 5) is 12.1. The number of nitrogens with one attached hydrogen (secondary N) is 1. The number of hydrogen-bond donors (Lipinski definition) is 1. The van der Waals surface area contributed by atoms with Crippen molar-refractivity contribution in [2.45, 2.75) is 51.1 Å². The van der Waals surface area contributed by atoms with E-state index >= 15 is 0 Å². The number of halogens is 1. The Morgan fingerprint density at radius 1 is 1.30 bits per heavy atom. The van der Waals surface area contributed by atoms with Gasteiger partial charge in [-0.2, -0.15) is 0 Å². The van der Waals surface area contributed by atoms with Gasteiger partial charge in [0.15, 0.2) is 0 Å². The monoisotopic (exact) mass is 279 g/mol. The number of benzene rings is 1. The van der Waals surface area contributed by atoms with Gasteiger partial charge in [0.2, 0.25) is 0 Å². The molecule has 1 atom stereocenters. The van der Waals surface area contributed by atoms with Gasteiger partial charge in [0, 0.05) is 6.04 Å². The van der Waals surface area contributed by atoms with Crippen molar-refractivity contribution < 1.29 is 13.9 Å². The maximum Gasteiger partial charge on any atom is 0.327 e. The van der Waals surface area contributed by atoms with Crippen molar-refractivity contribution in [2.75, 3.05) is 6.61 Å². The summed E-state index contributed by atoms with van der Waals surface area (Å²) in [6, 6.07) is 5.88. The van der Waals surface area contributed by atoms with E-state index in [4.69, 9.17) is 4.74 Å². The number of ether oxygens (including phenoxy) is 1. The molecule has 1 N–H and O–H groups in total. The molecule has 4 heteroatoms. The lowest BCUT2D eigenvalue weighted by molar-refractivity contribution is -0.146. The summed E-state index contributed by atoms with van der Waals surface area (Å²) in [5.74, 6) is -0.585. The Morgan fingerprint density at radius 2 is 1.95 bits per heavy atom. The number of rotatable bonds is 5. The molecule has 110 valence electrons. The lowest BCUT2D eigenvalue weighted by Crippen LogP contribution is -2.39. The number of carbonyl (C=O) groups excluding carboxylic acids is 1. The largest absolute Gasteiger partial charge is 0.465 e. The average molecular weight is 279 g/mol. The Bertz CT molecular complexity index is 427. The van der Waals surface area contributed by atoms with E-state index in [2.05, 4.69) is 5.32 Å². The maximum atomic E-state index is 13.0. The average Bonchev–Trinajstić information content (AvgIpc) is 2.47. The van der Waals surface area contributed by atoms with Gasteiger partial charge in [0.25, 0.3) is 0 Å². The molecule has 2 rings (SSSR count). The molecule has 3 nitrogen and oxygen atoms in total. The summed E-state index contributed by atoms with van der Waals surface area (Å²) in [6.45, 7) is 2.14. The van der Waals surface area contributed by atoms with Gasteiger partial charge >= 0.3 is 5.97 Å². The SMILES string of the molecule is CCOC(=O)C(NC1CCCCC1)c1ccc(F)cc1. The van der Waals surface area contributed by atoms with Crippen LogP contribution in [0.2, 0.25) is 0 Å². The van der Waals surface area contributed by atoms with Crippen molar-refractivity contribution in [3.8, 4) is 0 Å². The molecule has 20 heavy (non-hydrogen) atoms. The van der Waals surface area contributed by atoms with Crippen LogP contribution in [0.1, 0.15) is 50.6 Å². The summed E-state index contributed by atoms with van der Waals surface area (Å²) < 4.78 is 18.2. The van der Waals surface area contributed by atoms with Crippen LogP contribution in [0.4, 0.5) is 4.39 Å². The molecule has 1 aromatic rings. The molecule has 0 heterocycles. The summed E-state index contributed by atoms with van der Waals surface area (Å²) in [7, 11) is 0. The standard InChI is InChI=1S/C16H22FNO2/c1-2-20-16(19)15(12-8-10-13(17)11-9-12)18-14-6-4-3-5-7-14/h8-11,14-15,18H,2-7H2,1H3.